The fraction of sp³-hybridized carbons (Fsp3) is 0.304. The summed E-state index contributed by atoms with van der Waals surface area (Å²) in [5.74, 6) is -1.38. The molecule has 2 aromatic rings. The Kier molecular flexibility index (Phi) is 6.18. The summed E-state index contributed by atoms with van der Waals surface area (Å²) in [6, 6.07) is 11.0. The van der Waals surface area contributed by atoms with Crippen LogP contribution in [0, 0.1) is 0 Å². The number of esters is 1. The minimum atomic E-state index is -0.523. The van der Waals surface area contributed by atoms with E-state index in [2.05, 4.69) is 10.1 Å². The molecular weight excluding hydrogens is 416 g/mol. The van der Waals surface area contributed by atoms with Crippen LogP contribution in [0.5, 0.6) is 5.75 Å². The van der Waals surface area contributed by atoms with E-state index in [0.29, 0.717) is 18.0 Å². The van der Waals surface area contributed by atoms with Crippen molar-refractivity contribution in [3.8, 4) is 5.75 Å². The molecule has 0 saturated carbocycles. The number of nitrogens with one attached hydrogen (secondary N) is 1. The van der Waals surface area contributed by atoms with Crippen LogP contribution in [0.1, 0.15) is 43.9 Å². The predicted molar refractivity (Wildman–Crippen MR) is 113 cm³/mol. The van der Waals surface area contributed by atoms with E-state index < -0.39 is 17.8 Å². The number of fused-ring (bicyclic) bond motifs is 1. The number of rotatable bonds is 7. The summed E-state index contributed by atoms with van der Waals surface area (Å²) < 4.78 is 15.4. The Bertz CT molecular complexity index is 1080. The molecule has 2 heterocycles. The van der Waals surface area contributed by atoms with Crippen molar-refractivity contribution in [2.24, 2.45) is 0 Å². The lowest BCUT2D eigenvalue weighted by Crippen LogP contribution is -2.36. The van der Waals surface area contributed by atoms with Gasteiger partial charge in [-0.2, -0.15) is 0 Å². The zero-order valence-corrected chi connectivity index (χ0v) is 17.5. The largest absolute Gasteiger partial charge is 0.482 e. The van der Waals surface area contributed by atoms with Gasteiger partial charge in [-0.1, -0.05) is 6.07 Å². The standard InChI is InChI=1S/C23H22N2O7/c1-30-20(26)13-32-16-5-2-4-15(11-16)24-21(27)14-7-8-18-19(10-14)23(29)25(22(18)28)12-17-6-3-9-31-17/h2,4-5,7-8,10-11,17H,3,6,9,12-13H2,1H3,(H,24,27). The Balaban J connectivity index is 1.45. The fourth-order valence-corrected chi connectivity index (χ4v) is 3.66. The Morgan fingerprint density at radius 2 is 1.94 bits per heavy atom. The maximum Gasteiger partial charge on any atom is 0.343 e. The van der Waals surface area contributed by atoms with Crippen LogP contribution >= 0.6 is 0 Å². The molecule has 0 spiro atoms. The summed E-state index contributed by atoms with van der Waals surface area (Å²) in [5.41, 5.74) is 1.17. The van der Waals surface area contributed by atoms with Gasteiger partial charge in [-0.05, 0) is 43.2 Å². The van der Waals surface area contributed by atoms with Gasteiger partial charge in [-0.3, -0.25) is 19.3 Å². The highest BCUT2D eigenvalue weighted by Gasteiger charge is 2.37. The van der Waals surface area contributed by atoms with E-state index in [-0.39, 0.29) is 41.9 Å². The summed E-state index contributed by atoms with van der Waals surface area (Å²) in [7, 11) is 1.26. The molecular formula is C23H22N2O7. The maximum absolute atomic E-state index is 12.8. The van der Waals surface area contributed by atoms with Crippen molar-refractivity contribution in [3.63, 3.8) is 0 Å². The van der Waals surface area contributed by atoms with E-state index in [1.807, 2.05) is 0 Å². The van der Waals surface area contributed by atoms with Gasteiger partial charge in [0, 0.05) is 23.9 Å². The maximum atomic E-state index is 12.8. The lowest BCUT2D eigenvalue weighted by Gasteiger charge is -2.17. The number of methoxy groups -OCH3 is 1. The third-order valence-corrected chi connectivity index (χ3v) is 5.32. The van der Waals surface area contributed by atoms with Gasteiger partial charge in [-0.15, -0.1) is 0 Å². The van der Waals surface area contributed by atoms with Crippen molar-refractivity contribution in [1.29, 1.82) is 0 Å². The predicted octanol–water partition coefficient (Wildman–Crippen LogP) is 2.27. The molecule has 1 saturated heterocycles. The van der Waals surface area contributed by atoms with Gasteiger partial charge in [0.25, 0.3) is 17.7 Å². The molecule has 0 bridgehead atoms. The summed E-state index contributed by atoms with van der Waals surface area (Å²) in [4.78, 5) is 50.6. The average molecular weight is 438 g/mol. The molecule has 1 atom stereocenters. The van der Waals surface area contributed by atoms with E-state index >= 15 is 0 Å². The second kappa shape index (κ2) is 9.19. The van der Waals surface area contributed by atoms with Gasteiger partial charge >= 0.3 is 5.97 Å². The van der Waals surface area contributed by atoms with Crippen LogP contribution < -0.4 is 10.1 Å². The normalized spacial score (nSPS) is 17.3. The number of ether oxygens (including phenoxy) is 3. The number of benzene rings is 2. The van der Waals surface area contributed by atoms with Gasteiger partial charge in [-0.25, -0.2) is 4.79 Å². The Morgan fingerprint density at radius 3 is 2.69 bits per heavy atom. The first kappa shape index (κ1) is 21.5. The Hall–Kier alpha value is -3.72. The van der Waals surface area contributed by atoms with Crippen LogP contribution in [0.4, 0.5) is 5.69 Å². The summed E-state index contributed by atoms with van der Waals surface area (Å²) in [6.07, 6.45) is 1.57. The SMILES string of the molecule is COC(=O)COc1cccc(NC(=O)c2ccc3c(c2)C(=O)N(CC2CCCO2)C3=O)c1. The molecule has 1 fully saturated rings. The lowest BCUT2D eigenvalue weighted by atomic mass is 10.1. The Morgan fingerprint density at radius 1 is 1.12 bits per heavy atom. The minimum absolute atomic E-state index is 0.145. The third-order valence-electron chi connectivity index (χ3n) is 5.32. The first-order valence-corrected chi connectivity index (χ1v) is 10.2. The molecule has 0 radical (unpaired) electrons. The number of imide groups is 1. The highest BCUT2D eigenvalue weighted by Crippen LogP contribution is 2.26. The number of carbonyl (C=O) groups excluding carboxylic acids is 4. The zero-order chi connectivity index (χ0) is 22.7. The van der Waals surface area contributed by atoms with Gasteiger partial charge < -0.3 is 19.5 Å². The number of hydrogen-bond acceptors (Lipinski definition) is 7. The first-order chi connectivity index (χ1) is 15.5. The van der Waals surface area contributed by atoms with Crippen LogP contribution in [0.25, 0.3) is 0 Å². The van der Waals surface area contributed by atoms with Crippen LogP contribution in [0.2, 0.25) is 0 Å². The van der Waals surface area contributed by atoms with Crippen molar-refractivity contribution >= 4 is 29.4 Å². The summed E-state index contributed by atoms with van der Waals surface area (Å²) in [5, 5.41) is 2.72. The molecule has 0 aliphatic carbocycles. The number of carbonyl (C=O) groups is 4. The minimum Gasteiger partial charge on any atom is -0.482 e. The van der Waals surface area contributed by atoms with E-state index in [0.717, 1.165) is 12.8 Å². The van der Waals surface area contributed by atoms with Gasteiger partial charge in [0.15, 0.2) is 6.61 Å². The number of hydrogen-bond donors (Lipinski definition) is 1. The molecule has 0 aromatic heterocycles. The molecule has 2 aliphatic rings. The number of anilines is 1. The second-order valence-corrected chi connectivity index (χ2v) is 7.46. The zero-order valence-electron chi connectivity index (χ0n) is 17.5. The summed E-state index contributed by atoms with van der Waals surface area (Å²) in [6.45, 7) is 0.594. The molecule has 32 heavy (non-hydrogen) atoms. The Labute approximate surface area is 184 Å². The van der Waals surface area contributed by atoms with E-state index in [1.54, 1.807) is 24.3 Å². The average Bonchev–Trinajstić information content (AvgIpc) is 3.40. The molecule has 1 unspecified atom stereocenters. The highest BCUT2D eigenvalue weighted by molar-refractivity contribution is 6.22. The second-order valence-electron chi connectivity index (χ2n) is 7.46. The molecule has 1 N–H and O–H groups in total. The topological polar surface area (TPSA) is 111 Å². The van der Waals surface area contributed by atoms with Crippen LogP contribution in [0.15, 0.2) is 42.5 Å². The molecule has 166 valence electrons. The molecule has 9 heteroatoms. The van der Waals surface area contributed by atoms with Crippen molar-refractivity contribution in [3.05, 3.63) is 59.2 Å². The van der Waals surface area contributed by atoms with Gasteiger partial charge in [0.05, 0.1) is 30.9 Å². The van der Waals surface area contributed by atoms with Crippen molar-refractivity contribution in [2.75, 3.05) is 32.2 Å². The quantitative estimate of drug-likeness (QED) is 0.521. The first-order valence-electron chi connectivity index (χ1n) is 10.2. The smallest absolute Gasteiger partial charge is 0.343 e. The van der Waals surface area contributed by atoms with Crippen molar-refractivity contribution in [1.82, 2.24) is 4.90 Å². The molecule has 9 nitrogen and oxygen atoms in total. The van der Waals surface area contributed by atoms with E-state index in [4.69, 9.17) is 9.47 Å². The molecule has 4 rings (SSSR count). The molecule has 3 amide bonds. The van der Waals surface area contributed by atoms with Gasteiger partial charge in [0.2, 0.25) is 0 Å². The molecule has 2 aromatic carbocycles. The number of amides is 3. The van der Waals surface area contributed by atoms with Crippen molar-refractivity contribution in [2.45, 2.75) is 18.9 Å². The van der Waals surface area contributed by atoms with Crippen LogP contribution in [-0.4, -0.2) is 61.6 Å². The lowest BCUT2D eigenvalue weighted by molar-refractivity contribution is -0.142. The van der Waals surface area contributed by atoms with E-state index in [1.165, 1.54) is 30.2 Å². The fourth-order valence-electron chi connectivity index (χ4n) is 3.66. The van der Waals surface area contributed by atoms with Crippen molar-refractivity contribution < 1.29 is 33.4 Å². The molecule has 2 aliphatic heterocycles. The monoisotopic (exact) mass is 438 g/mol. The van der Waals surface area contributed by atoms with Crippen LogP contribution in [-0.2, 0) is 14.3 Å². The third kappa shape index (κ3) is 4.47. The van der Waals surface area contributed by atoms with E-state index in [9.17, 15) is 19.2 Å². The number of nitrogens with zero attached hydrogens (tertiary/aromatic N) is 1. The highest BCUT2D eigenvalue weighted by atomic mass is 16.6. The summed E-state index contributed by atoms with van der Waals surface area (Å²) >= 11 is 0. The van der Waals surface area contributed by atoms with Crippen LogP contribution in [0.3, 0.4) is 0 Å². The van der Waals surface area contributed by atoms with Gasteiger partial charge in [0.1, 0.15) is 5.75 Å².